The van der Waals surface area contributed by atoms with Crippen molar-refractivity contribution in [3.63, 3.8) is 0 Å². The fourth-order valence-corrected chi connectivity index (χ4v) is 2.92. The van der Waals surface area contributed by atoms with Crippen LogP contribution in [0.2, 0.25) is 0 Å². The number of aromatic nitrogens is 1. The van der Waals surface area contributed by atoms with Crippen LogP contribution in [-0.2, 0) is 20.7 Å². The second-order valence-electron chi connectivity index (χ2n) is 9.20. The van der Waals surface area contributed by atoms with E-state index in [9.17, 15) is 14.7 Å². The molecule has 1 amide bonds. The Morgan fingerprint density at radius 3 is 2.28 bits per heavy atom. The Morgan fingerprint density at radius 1 is 1.07 bits per heavy atom. The molecular weight excluding hydrogens is 372 g/mol. The topological polar surface area (TPSA) is 101 Å². The number of aromatic amines is 1. The van der Waals surface area contributed by atoms with Gasteiger partial charge in [-0.05, 0) is 59.1 Å². The minimum Gasteiger partial charge on any atom is -0.460 e. The largest absolute Gasteiger partial charge is 0.460 e. The van der Waals surface area contributed by atoms with Gasteiger partial charge in [-0.2, -0.15) is 0 Å². The molecule has 7 nitrogen and oxygen atoms in total. The first-order valence-electron chi connectivity index (χ1n) is 9.78. The van der Waals surface area contributed by atoms with Gasteiger partial charge in [0.05, 0.1) is 18.6 Å². The summed E-state index contributed by atoms with van der Waals surface area (Å²) >= 11 is 0. The van der Waals surface area contributed by atoms with E-state index in [1.54, 1.807) is 41.5 Å². The average molecular weight is 405 g/mol. The number of aliphatic hydroxyl groups excluding tert-OH is 1. The number of aliphatic hydroxyl groups is 1. The van der Waals surface area contributed by atoms with Crippen molar-refractivity contribution in [2.45, 2.75) is 77.7 Å². The molecule has 0 aliphatic heterocycles. The number of hydrogen-bond acceptors (Lipinski definition) is 5. The van der Waals surface area contributed by atoms with E-state index in [2.05, 4.69) is 10.3 Å². The van der Waals surface area contributed by atoms with Gasteiger partial charge in [-0.1, -0.05) is 18.2 Å². The van der Waals surface area contributed by atoms with Crippen molar-refractivity contribution in [3.05, 3.63) is 36.0 Å². The maximum absolute atomic E-state index is 12.3. The van der Waals surface area contributed by atoms with Crippen LogP contribution < -0.4 is 5.32 Å². The third kappa shape index (κ3) is 7.77. The van der Waals surface area contributed by atoms with Crippen LogP contribution in [0.15, 0.2) is 30.3 Å². The van der Waals surface area contributed by atoms with Gasteiger partial charge in [-0.15, -0.1) is 0 Å². The minimum atomic E-state index is -1.14. The number of amides is 1. The fourth-order valence-electron chi connectivity index (χ4n) is 2.92. The quantitative estimate of drug-likeness (QED) is 0.638. The van der Waals surface area contributed by atoms with E-state index in [-0.39, 0.29) is 6.42 Å². The summed E-state index contributed by atoms with van der Waals surface area (Å²) in [6.45, 7) is 10.6. The standard InChI is InChI=1S/C22H32N2O5/c1-21(2,3)28-19(26)13-18(25)17(24-20(27)29-22(4,5)6)12-15-11-14-9-7-8-10-16(14)23-15/h7-11,17-18,23,25H,12-13H2,1-6H3,(H,24,27)/t17-,18+/m0/s1. The molecule has 0 aliphatic rings. The predicted molar refractivity (Wildman–Crippen MR) is 112 cm³/mol. The lowest BCUT2D eigenvalue weighted by molar-refractivity contribution is -0.157. The number of esters is 1. The van der Waals surface area contributed by atoms with E-state index in [4.69, 9.17) is 9.47 Å². The number of alkyl carbamates (subject to hydrolysis) is 1. The van der Waals surface area contributed by atoms with Gasteiger partial charge in [0.1, 0.15) is 11.2 Å². The van der Waals surface area contributed by atoms with Crippen molar-refractivity contribution in [1.29, 1.82) is 0 Å². The van der Waals surface area contributed by atoms with Crippen molar-refractivity contribution in [2.75, 3.05) is 0 Å². The highest BCUT2D eigenvalue weighted by Crippen LogP contribution is 2.18. The number of rotatable bonds is 6. The molecule has 2 atom stereocenters. The fraction of sp³-hybridized carbons (Fsp3) is 0.545. The first kappa shape index (κ1) is 22.7. The summed E-state index contributed by atoms with van der Waals surface area (Å²) in [5.74, 6) is -0.530. The maximum Gasteiger partial charge on any atom is 0.407 e. The van der Waals surface area contributed by atoms with Gasteiger partial charge < -0.3 is 24.9 Å². The van der Waals surface area contributed by atoms with E-state index in [1.165, 1.54) is 0 Å². The lowest BCUT2D eigenvalue weighted by atomic mass is 10.0. The molecule has 0 radical (unpaired) electrons. The van der Waals surface area contributed by atoms with Gasteiger partial charge in [0.2, 0.25) is 0 Å². The number of ether oxygens (including phenoxy) is 2. The van der Waals surface area contributed by atoms with E-state index < -0.39 is 35.4 Å². The summed E-state index contributed by atoms with van der Waals surface area (Å²) in [5.41, 5.74) is 0.462. The second-order valence-corrected chi connectivity index (χ2v) is 9.20. The number of carbonyl (C=O) groups excluding carboxylic acids is 2. The van der Waals surface area contributed by atoms with Crippen molar-refractivity contribution >= 4 is 23.0 Å². The molecule has 1 heterocycles. The van der Waals surface area contributed by atoms with Crippen molar-refractivity contribution in [1.82, 2.24) is 10.3 Å². The molecule has 0 saturated carbocycles. The van der Waals surface area contributed by atoms with Gasteiger partial charge >= 0.3 is 12.1 Å². The van der Waals surface area contributed by atoms with Crippen LogP contribution in [-0.4, -0.2) is 45.5 Å². The number of H-pyrrole nitrogens is 1. The molecule has 1 aromatic carbocycles. The number of para-hydroxylation sites is 1. The monoisotopic (exact) mass is 404 g/mol. The molecule has 2 aromatic rings. The Balaban J connectivity index is 2.15. The molecule has 3 N–H and O–H groups in total. The third-order valence-corrected chi connectivity index (χ3v) is 3.99. The van der Waals surface area contributed by atoms with Crippen LogP contribution in [0.5, 0.6) is 0 Å². The average Bonchev–Trinajstić information content (AvgIpc) is 2.92. The smallest absolute Gasteiger partial charge is 0.407 e. The molecule has 0 fully saturated rings. The van der Waals surface area contributed by atoms with Crippen LogP contribution in [0.4, 0.5) is 4.79 Å². The molecule has 29 heavy (non-hydrogen) atoms. The highest BCUT2D eigenvalue weighted by molar-refractivity contribution is 5.80. The first-order chi connectivity index (χ1) is 13.3. The van der Waals surface area contributed by atoms with E-state index in [0.717, 1.165) is 16.6 Å². The molecule has 7 heteroatoms. The van der Waals surface area contributed by atoms with Gasteiger partial charge in [0.25, 0.3) is 0 Å². The zero-order valence-corrected chi connectivity index (χ0v) is 18.0. The molecule has 0 bridgehead atoms. The molecule has 2 rings (SSSR count). The number of nitrogens with one attached hydrogen (secondary N) is 2. The van der Waals surface area contributed by atoms with Crippen LogP contribution >= 0.6 is 0 Å². The van der Waals surface area contributed by atoms with Crippen molar-refractivity contribution < 1.29 is 24.2 Å². The number of fused-ring (bicyclic) bond motifs is 1. The van der Waals surface area contributed by atoms with Gasteiger partial charge in [0.15, 0.2) is 0 Å². The lowest BCUT2D eigenvalue weighted by Crippen LogP contribution is -2.47. The summed E-state index contributed by atoms with van der Waals surface area (Å²) in [7, 11) is 0. The first-order valence-corrected chi connectivity index (χ1v) is 9.78. The summed E-state index contributed by atoms with van der Waals surface area (Å²) < 4.78 is 10.6. The van der Waals surface area contributed by atoms with E-state index >= 15 is 0 Å². The van der Waals surface area contributed by atoms with Crippen LogP contribution in [0.25, 0.3) is 10.9 Å². The van der Waals surface area contributed by atoms with Crippen molar-refractivity contribution in [2.24, 2.45) is 0 Å². The van der Waals surface area contributed by atoms with Crippen LogP contribution in [0.3, 0.4) is 0 Å². The molecule has 1 aromatic heterocycles. The minimum absolute atomic E-state index is 0.238. The van der Waals surface area contributed by atoms with Crippen molar-refractivity contribution in [3.8, 4) is 0 Å². The van der Waals surface area contributed by atoms with Crippen LogP contribution in [0.1, 0.15) is 53.7 Å². The number of hydrogen-bond donors (Lipinski definition) is 3. The highest BCUT2D eigenvalue weighted by atomic mass is 16.6. The number of benzene rings is 1. The zero-order chi connectivity index (χ0) is 21.8. The zero-order valence-electron chi connectivity index (χ0n) is 18.0. The molecule has 160 valence electrons. The molecular formula is C22H32N2O5. The molecule has 0 unspecified atom stereocenters. The maximum atomic E-state index is 12.3. The van der Waals surface area contributed by atoms with E-state index in [1.807, 2.05) is 30.3 Å². The number of carbonyl (C=O) groups is 2. The predicted octanol–water partition coefficient (Wildman–Crippen LogP) is 3.70. The lowest BCUT2D eigenvalue weighted by Gasteiger charge is -2.27. The summed E-state index contributed by atoms with van der Waals surface area (Å²) in [5, 5.41) is 14.4. The molecule has 0 aliphatic carbocycles. The van der Waals surface area contributed by atoms with Gasteiger partial charge in [0, 0.05) is 17.6 Å². The van der Waals surface area contributed by atoms with Gasteiger partial charge in [-0.25, -0.2) is 4.79 Å². The molecule has 0 spiro atoms. The van der Waals surface area contributed by atoms with E-state index in [0.29, 0.717) is 6.42 Å². The summed E-state index contributed by atoms with van der Waals surface area (Å²) in [4.78, 5) is 27.7. The normalized spacial score (nSPS) is 14.3. The summed E-state index contributed by atoms with van der Waals surface area (Å²) in [6, 6.07) is 9.02. The summed E-state index contributed by atoms with van der Waals surface area (Å²) in [6.07, 6.45) is -1.72. The Kier molecular flexibility index (Phi) is 6.95. The SMILES string of the molecule is CC(C)(C)OC(=O)C[C@@H](O)[C@H](Cc1cc2ccccc2[nH]1)NC(=O)OC(C)(C)C. The Hall–Kier alpha value is -2.54. The highest BCUT2D eigenvalue weighted by Gasteiger charge is 2.29. The Morgan fingerprint density at radius 2 is 1.69 bits per heavy atom. The molecule has 0 saturated heterocycles. The second kappa shape index (κ2) is 8.86. The van der Waals surface area contributed by atoms with Crippen LogP contribution in [0, 0.1) is 0 Å². The van der Waals surface area contributed by atoms with Gasteiger partial charge in [-0.3, -0.25) is 4.79 Å². The third-order valence-electron chi connectivity index (χ3n) is 3.99. The Labute approximate surface area is 171 Å². The Bertz CT molecular complexity index is 812.